The zero-order valence-corrected chi connectivity index (χ0v) is 8.54. The largest absolute Gasteiger partial charge is 0.383 e. The first-order chi connectivity index (χ1) is 7.86. The third kappa shape index (κ3) is 1.24. The van der Waals surface area contributed by atoms with Crippen LogP contribution in [-0.4, -0.2) is 14.4 Å². The number of anilines is 1. The molecule has 2 N–H and O–H groups in total. The van der Waals surface area contributed by atoms with E-state index in [0.717, 1.165) is 16.9 Å². The standard InChI is InChI=1S/C12H10N4/c13-12-11(9-4-2-1-3-5-9)15-10-8-14-6-7-16(10)12/h1-8H,13H2. The molecule has 0 radical (unpaired) electrons. The number of nitrogens with zero attached hydrogens (tertiary/aromatic N) is 3. The molecule has 3 rings (SSSR count). The molecule has 0 saturated carbocycles. The fourth-order valence-electron chi connectivity index (χ4n) is 1.73. The molecule has 4 heteroatoms. The Morgan fingerprint density at radius 3 is 2.69 bits per heavy atom. The lowest BCUT2D eigenvalue weighted by atomic mass is 10.1. The van der Waals surface area contributed by atoms with E-state index in [1.54, 1.807) is 12.4 Å². The predicted octanol–water partition coefficient (Wildman–Crippen LogP) is 1.98. The Hall–Kier alpha value is -2.36. The van der Waals surface area contributed by atoms with Gasteiger partial charge in [0.2, 0.25) is 0 Å². The molecule has 16 heavy (non-hydrogen) atoms. The Morgan fingerprint density at radius 2 is 1.94 bits per heavy atom. The maximum Gasteiger partial charge on any atom is 0.157 e. The Kier molecular flexibility index (Phi) is 1.86. The molecule has 0 aliphatic carbocycles. The summed E-state index contributed by atoms with van der Waals surface area (Å²) >= 11 is 0. The molecule has 0 amide bonds. The molecule has 0 aliphatic heterocycles. The topological polar surface area (TPSA) is 56.2 Å². The number of nitrogen functional groups attached to an aromatic ring is 1. The summed E-state index contributed by atoms with van der Waals surface area (Å²) in [6.07, 6.45) is 5.20. The van der Waals surface area contributed by atoms with Crippen LogP contribution in [0.5, 0.6) is 0 Å². The van der Waals surface area contributed by atoms with Crippen molar-refractivity contribution in [3.05, 3.63) is 48.9 Å². The van der Waals surface area contributed by atoms with Crippen molar-refractivity contribution in [1.29, 1.82) is 0 Å². The van der Waals surface area contributed by atoms with Crippen molar-refractivity contribution in [3.63, 3.8) is 0 Å². The average Bonchev–Trinajstić information content (AvgIpc) is 2.69. The van der Waals surface area contributed by atoms with Crippen molar-refractivity contribution in [2.75, 3.05) is 5.73 Å². The second-order valence-electron chi connectivity index (χ2n) is 3.52. The van der Waals surface area contributed by atoms with Crippen molar-refractivity contribution < 1.29 is 0 Å². The van der Waals surface area contributed by atoms with Crippen LogP contribution < -0.4 is 5.73 Å². The molecule has 0 bridgehead atoms. The fourth-order valence-corrected chi connectivity index (χ4v) is 1.73. The molecule has 0 atom stereocenters. The van der Waals surface area contributed by atoms with Crippen LogP contribution in [0.2, 0.25) is 0 Å². The van der Waals surface area contributed by atoms with Crippen LogP contribution in [0.4, 0.5) is 5.82 Å². The summed E-state index contributed by atoms with van der Waals surface area (Å²) < 4.78 is 1.83. The van der Waals surface area contributed by atoms with E-state index in [1.165, 1.54) is 0 Å². The number of benzene rings is 1. The first kappa shape index (κ1) is 8.91. The monoisotopic (exact) mass is 210 g/mol. The molecule has 2 heterocycles. The number of nitrogens with two attached hydrogens (primary N) is 1. The van der Waals surface area contributed by atoms with Gasteiger partial charge in [-0.25, -0.2) is 4.98 Å². The SMILES string of the molecule is Nc1c(-c2ccccc2)nc2cnccn12. The van der Waals surface area contributed by atoms with Gasteiger partial charge in [0, 0.05) is 18.0 Å². The zero-order valence-electron chi connectivity index (χ0n) is 8.54. The molecule has 2 aromatic heterocycles. The maximum absolute atomic E-state index is 6.04. The summed E-state index contributed by atoms with van der Waals surface area (Å²) in [5, 5.41) is 0. The summed E-state index contributed by atoms with van der Waals surface area (Å²) in [6.45, 7) is 0. The summed E-state index contributed by atoms with van der Waals surface area (Å²) in [4.78, 5) is 8.48. The van der Waals surface area contributed by atoms with E-state index in [0.29, 0.717) is 5.82 Å². The van der Waals surface area contributed by atoms with Gasteiger partial charge in [-0.3, -0.25) is 9.38 Å². The lowest BCUT2D eigenvalue weighted by Crippen LogP contribution is -1.93. The Balaban J connectivity index is 2.29. The van der Waals surface area contributed by atoms with Crippen molar-refractivity contribution in [3.8, 4) is 11.3 Å². The molecule has 78 valence electrons. The van der Waals surface area contributed by atoms with Gasteiger partial charge in [0.15, 0.2) is 5.65 Å². The minimum atomic E-state index is 0.642. The van der Waals surface area contributed by atoms with E-state index in [4.69, 9.17) is 5.73 Å². The van der Waals surface area contributed by atoms with Crippen LogP contribution in [0.25, 0.3) is 16.9 Å². The normalized spacial score (nSPS) is 10.8. The molecule has 0 saturated heterocycles. The number of hydrogen-bond donors (Lipinski definition) is 1. The Labute approximate surface area is 92.4 Å². The highest BCUT2D eigenvalue weighted by Gasteiger charge is 2.09. The molecule has 4 nitrogen and oxygen atoms in total. The molecule has 1 aromatic carbocycles. The molecule has 0 unspecified atom stereocenters. The minimum Gasteiger partial charge on any atom is -0.383 e. The lowest BCUT2D eigenvalue weighted by molar-refractivity contribution is 1.13. The van der Waals surface area contributed by atoms with Crippen LogP contribution in [0.1, 0.15) is 0 Å². The molecule has 0 spiro atoms. The van der Waals surface area contributed by atoms with E-state index < -0.39 is 0 Å². The van der Waals surface area contributed by atoms with Crippen LogP contribution >= 0.6 is 0 Å². The molecule has 0 aliphatic rings. The maximum atomic E-state index is 6.04. The summed E-state index contributed by atoms with van der Waals surface area (Å²) in [7, 11) is 0. The average molecular weight is 210 g/mol. The minimum absolute atomic E-state index is 0.642. The second-order valence-corrected chi connectivity index (χ2v) is 3.52. The van der Waals surface area contributed by atoms with Gasteiger partial charge in [-0.15, -0.1) is 0 Å². The summed E-state index contributed by atoms with van der Waals surface area (Å²) in [5.41, 5.74) is 8.62. The van der Waals surface area contributed by atoms with Crippen LogP contribution in [0, 0.1) is 0 Å². The van der Waals surface area contributed by atoms with Gasteiger partial charge >= 0.3 is 0 Å². The van der Waals surface area contributed by atoms with E-state index in [1.807, 2.05) is 40.9 Å². The van der Waals surface area contributed by atoms with E-state index in [-0.39, 0.29) is 0 Å². The molecular weight excluding hydrogens is 200 g/mol. The molecule has 0 fully saturated rings. The first-order valence-corrected chi connectivity index (χ1v) is 4.99. The number of hydrogen-bond acceptors (Lipinski definition) is 3. The van der Waals surface area contributed by atoms with Gasteiger partial charge in [-0.1, -0.05) is 30.3 Å². The number of imidazole rings is 1. The highest BCUT2D eigenvalue weighted by molar-refractivity contribution is 5.74. The number of fused-ring (bicyclic) bond motifs is 1. The van der Waals surface area contributed by atoms with Crippen LogP contribution in [0.15, 0.2) is 48.9 Å². The third-order valence-electron chi connectivity index (χ3n) is 2.51. The molecular formula is C12H10N4. The smallest absolute Gasteiger partial charge is 0.157 e. The van der Waals surface area contributed by atoms with Gasteiger partial charge in [0.25, 0.3) is 0 Å². The summed E-state index contributed by atoms with van der Waals surface area (Å²) in [5.74, 6) is 0.642. The first-order valence-electron chi connectivity index (χ1n) is 4.99. The van der Waals surface area contributed by atoms with Gasteiger partial charge in [0.1, 0.15) is 11.5 Å². The predicted molar refractivity (Wildman–Crippen MR) is 62.8 cm³/mol. The van der Waals surface area contributed by atoms with E-state index in [9.17, 15) is 0 Å². The number of rotatable bonds is 1. The highest BCUT2D eigenvalue weighted by Crippen LogP contribution is 2.25. The lowest BCUT2D eigenvalue weighted by Gasteiger charge is -1.97. The number of aromatic nitrogens is 3. The second kappa shape index (κ2) is 3.34. The quantitative estimate of drug-likeness (QED) is 0.668. The van der Waals surface area contributed by atoms with Crippen molar-refractivity contribution in [2.45, 2.75) is 0 Å². The van der Waals surface area contributed by atoms with Gasteiger partial charge in [0.05, 0.1) is 6.20 Å². The highest BCUT2D eigenvalue weighted by atomic mass is 15.1. The Bertz CT molecular complexity index is 628. The van der Waals surface area contributed by atoms with E-state index in [2.05, 4.69) is 9.97 Å². The third-order valence-corrected chi connectivity index (χ3v) is 2.51. The molecule has 3 aromatic rings. The van der Waals surface area contributed by atoms with Crippen molar-refractivity contribution >= 4 is 11.5 Å². The van der Waals surface area contributed by atoms with Gasteiger partial charge < -0.3 is 5.73 Å². The zero-order chi connectivity index (χ0) is 11.0. The van der Waals surface area contributed by atoms with Crippen molar-refractivity contribution in [1.82, 2.24) is 14.4 Å². The van der Waals surface area contributed by atoms with E-state index >= 15 is 0 Å². The van der Waals surface area contributed by atoms with Gasteiger partial charge in [-0.2, -0.15) is 0 Å². The van der Waals surface area contributed by atoms with Gasteiger partial charge in [-0.05, 0) is 0 Å². The van der Waals surface area contributed by atoms with Crippen LogP contribution in [0.3, 0.4) is 0 Å². The van der Waals surface area contributed by atoms with Crippen LogP contribution in [-0.2, 0) is 0 Å². The summed E-state index contributed by atoms with van der Waals surface area (Å²) in [6, 6.07) is 9.89. The Morgan fingerprint density at radius 1 is 1.12 bits per heavy atom. The fraction of sp³-hybridized carbons (Fsp3) is 0. The van der Waals surface area contributed by atoms with Crippen molar-refractivity contribution in [2.24, 2.45) is 0 Å².